The van der Waals surface area contributed by atoms with Crippen molar-refractivity contribution < 1.29 is 0 Å². The zero-order valence-corrected chi connectivity index (χ0v) is 11.1. The molecule has 0 spiro atoms. The fourth-order valence-corrected chi connectivity index (χ4v) is 0. The molecule has 0 bridgehead atoms. The van der Waals surface area contributed by atoms with Gasteiger partial charge < -0.3 is 17.2 Å². The molecule has 0 aliphatic rings. The second kappa shape index (κ2) is 39.5. The van der Waals surface area contributed by atoms with Gasteiger partial charge in [0.25, 0.3) is 0 Å². The third-order valence-electron chi connectivity index (χ3n) is 0.866. The van der Waals surface area contributed by atoms with Gasteiger partial charge in [-0.2, -0.15) is 9.90 Å². The quantitative estimate of drug-likeness (QED) is 0.612. The Morgan fingerprint density at radius 2 is 0.692 bits per heavy atom. The van der Waals surface area contributed by atoms with Crippen LogP contribution in [-0.2, 0) is 0 Å². The summed E-state index contributed by atoms with van der Waals surface area (Å²) in [4.78, 5) is 0. The van der Waals surface area contributed by atoms with Crippen LogP contribution in [0.5, 0.6) is 0 Å². The molecule has 13 heavy (non-hydrogen) atoms. The van der Waals surface area contributed by atoms with Gasteiger partial charge in [-0.25, -0.2) is 0 Å². The summed E-state index contributed by atoms with van der Waals surface area (Å²) >= 11 is 0. The first-order valence-electron chi connectivity index (χ1n) is 4.85. The minimum absolute atomic E-state index is 0. The van der Waals surface area contributed by atoms with Crippen LogP contribution < -0.4 is 17.2 Å². The SMILES string of the molecule is CCCN.CCCN.CCCN.P. The van der Waals surface area contributed by atoms with Crippen molar-refractivity contribution in [1.82, 2.24) is 0 Å². The average Bonchev–Trinajstić information content (AvgIpc) is 2.18. The number of hydrogen-bond donors (Lipinski definition) is 3. The molecule has 6 N–H and O–H groups in total. The molecule has 0 fully saturated rings. The van der Waals surface area contributed by atoms with Crippen LogP contribution in [0.2, 0.25) is 0 Å². The summed E-state index contributed by atoms with van der Waals surface area (Å²) in [6, 6.07) is 0. The van der Waals surface area contributed by atoms with Crippen molar-refractivity contribution in [3.05, 3.63) is 0 Å². The number of rotatable bonds is 3. The zero-order chi connectivity index (χ0) is 10.2. The van der Waals surface area contributed by atoms with Gasteiger partial charge in [0.1, 0.15) is 0 Å². The van der Waals surface area contributed by atoms with E-state index in [0.717, 1.165) is 38.9 Å². The van der Waals surface area contributed by atoms with E-state index in [1.807, 2.05) is 0 Å². The Balaban J connectivity index is -0.0000000450. The lowest BCUT2D eigenvalue weighted by molar-refractivity contribution is 0.932. The van der Waals surface area contributed by atoms with Crippen molar-refractivity contribution in [2.75, 3.05) is 19.6 Å². The first-order valence-corrected chi connectivity index (χ1v) is 4.85. The van der Waals surface area contributed by atoms with E-state index in [-0.39, 0.29) is 9.90 Å². The molecular weight excluding hydrogens is 181 g/mol. The van der Waals surface area contributed by atoms with Gasteiger partial charge in [0.05, 0.1) is 0 Å². The van der Waals surface area contributed by atoms with E-state index < -0.39 is 0 Å². The van der Waals surface area contributed by atoms with E-state index in [4.69, 9.17) is 17.2 Å². The van der Waals surface area contributed by atoms with Gasteiger partial charge in [0.2, 0.25) is 0 Å². The molecule has 1 unspecified atom stereocenters. The van der Waals surface area contributed by atoms with Crippen molar-refractivity contribution in [3.63, 3.8) is 0 Å². The Labute approximate surface area is 87.4 Å². The van der Waals surface area contributed by atoms with Crippen LogP contribution in [0.3, 0.4) is 0 Å². The van der Waals surface area contributed by atoms with Crippen LogP contribution in [0.25, 0.3) is 0 Å². The van der Waals surface area contributed by atoms with Crippen LogP contribution in [0, 0.1) is 0 Å². The average molecular weight is 211 g/mol. The van der Waals surface area contributed by atoms with Gasteiger partial charge in [-0.15, -0.1) is 0 Å². The van der Waals surface area contributed by atoms with E-state index in [9.17, 15) is 0 Å². The van der Waals surface area contributed by atoms with E-state index in [2.05, 4.69) is 20.8 Å². The summed E-state index contributed by atoms with van der Waals surface area (Å²) < 4.78 is 0. The number of hydrogen-bond acceptors (Lipinski definition) is 3. The molecule has 1 atom stereocenters. The van der Waals surface area contributed by atoms with Crippen molar-refractivity contribution in [3.8, 4) is 0 Å². The topological polar surface area (TPSA) is 78.1 Å². The molecule has 0 aromatic rings. The maximum atomic E-state index is 5.03. The predicted molar refractivity (Wildman–Crippen MR) is 69.1 cm³/mol. The maximum absolute atomic E-state index is 5.03. The summed E-state index contributed by atoms with van der Waals surface area (Å²) in [7, 11) is 0. The third kappa shape index (κ3) is 119. The summed E-state index contributed by atoms with van der Waals surface area (Å²) in [6.45, 7) is 8.62. The van der Waals surface area contributed by atoms with Gasteiger partial charge in [0, 0.05) is 0 Å². The lowest BCUT2D eigenvalue weighted by Gasteiger charge is -1.70. The molecule has 4 heteroatoms. The fourth-order valence-electron chi connectivity index (χ4n) is 0. The molecule has 86 valence electrons. The van der Waals surface area contributed by atoms with Crippen molar-refractivity contribution in [2.45, 2.75) is 40.0 Å². The molecular formula is C9H30N3P. The highest BCUT2D eigenvalue weighted by Gasteiger charge is 1.56. The molecule has 0 rings (SSSR count). The molecule has 3 nitrogen and oxygen atoms in total. The normalized spacial score (nSPS) is 6.92. The summed E-state index contributed by atoms with van der Waals surface area (Å²) in [6.07, 6.45) is 3.29. The summed E-state index contributed by atoms with van der Waals surface area (Å²) in [5.41, 5.74) is 15.1. The van der Waals surface area contributed by atoms with Crippen molar-refractivity contribution in [2.24, 2.45) is 17.2 Å². The first-order chi connectivity index (χ1) is 5.74. The molecule has 0 saturated heterocycles. The van der Waals surface area contributed by atoms with Crippen LogP contribution in [0.1, 0.15) is 40.0 Å². The van der Waals surface area contributed by atoms with E-state index in [1.165, 1.54) is 0 Å². The molecule has 0 saturated carbocycles. The van der Waals surface area contributed by atoms with E-state index >= 15 is 0 Å². The number of nitrogens with two attached hydrogens (primary N) is 3. The largest absolute Gasteiger partial charge is 0.330 e. The Morgan fingerprint density at radius 1 is 0.615 bits per heavy atom. The van der Waals surface area contributed by atoms with E-state index in [1.54, 1.807) is 0 Å². The molecule has 0 aliphatic heterocycles. The van der Waals surface area contributed by atoms with Crippen LogP contribution >= 0.6 is 9.90 Å². The van der Waals surface area contributed by atoms with Crippen LogP contribution in [0.4, 0.5) is 0 Å². The Bertz CT molecular complexity index is 30.3. The van der Waals surface area contributed by atoms with Crippen molar-refractivity contribution >= 4 is 9.90 Å². The lowest BCUT2D eigenvalue weighted by atomic mass is 10.5. The standard InChI is InChI=1S/3C3H9N.H3P/c3*1-2-3-4;/h3*2-4H2,1H3;1H3. The van der Waals surface area contributed by atoms with Gasteiger partial charge in [-0.1, -0.05) is 20.8 Å². The maximum Gasteiger partial charge on any atom is -0.00799 e. The fraction of sp³-hybridized carbons (Fsp3) is 1.00. The summed E-state index contributed by atoms with van der Waals surface area (Å²) in [5, 5.41) is 0. The molecule has 0 radical (unpaired) electrons. The van der Waals surface area contributed by atoms with Gasteiger partial charge in [0.15, 0.2) is 0 Å². The highest BCUT2D eigenvalue weighted by atomic mass is 31.0. The second-order valence-corrected chi connectivity index (χ2v) is 2.37. The molecule has 0 aliphatic carbocycles. The van der Waals surface area contributed by atoms with Gasteiger partial charge in [-0.05, 0) is 38.9 Å². The molecule has 0 aromatic carbocycles. The molecule has 0 heterocycles. The van der Waals surface area contributed by atoms with Gasteiger partial charge >= 0.3 is 0 Å². The summed E-state index contributed by atoms with van der Waals surface area (Å²) in [5.74, 6) is 0. The monoisotopic (exact) mass is 211 g/mol. The highest BCUT2D eigenvalue weighted by Crippen LogP contribution is 1.58. The first kappa shape index (κ1) is 23.3. The molecule has 0 amide bonds. The predicted octanol–water partition coefficient (Wildman–Crippen LogP) is 1.12. The Morgan fingerprint density at radius 3 is 0.692 bits per heavy atom. The minimum Gasteiger partial charge on any atom is -0.330 e. The van der Waals surface area contributed by atoms with E-state index in [0.29, 0.717) is 0 Å². The lowest BCUT2D eigenvalue weighted by Crippen LogP contribution is -1.93. The Hall–Kier alpha value is 0.310. The van der Waals surface area contributed by atoms with Crippen molar-refractivity contribution in [1.29, 1.82) is 0 Å². The Kier molecular flexibility index (Phi) is 70.8. The minimum atomic E-state index is 0. The van der Waals surface area contributed by atoms with Crippen LogP contribution in [-0.4, -0.2) is 19.6 Å². The third-order valence-corrected chi connectivity index (χ3v) is 0.866. The zero-order valence-electron chi connectivity index (χ0n) is 9.68. The molecule has 0 aromatic heterocycles. The highest BCUT2D eigenvalue weighted by molar-refractivity contribution is 6.92. The smallest absolute Gasteiger partial charge is 0.00799 e. The second-order valence-electron chi connectivity index (χ2n) is 2.37. The van der Waals surface area contributed by atoms with Gasteiger partial charge in [-0.3, -0.25) is 0 Å². The van der Waals surface area contributed by atoms with Crippen LogP contribution in [0.15, 0.2) is 0 Å².